The molecule has 26 heavy (non-hydrogen) atoms. The first-order valence-electron chi connectivity index (χ1n) is 9.19. The van der Waals surface area contributed by atoms with E-state index in [1.165, 1.54) is 11.1 Å². The van der Waals surface area contributed by atoms with E-state index in [0.717, 1.165) is 30.8 Å². The number of rotatable bonds is 5. The zero-order valence-corrected chi connectivity index (χ0v) is 15.1. The zero-order valence-electron chi connectivity index (χ0n) is 15.1. The Morgan fingerprint density at radius 1 is 0.885 bits per heavy atom. The fourth-order valence-corrected chi connectivity index (χ4v) is 4.01. The predicted octanol–water partition coefficient (Wildman–Crippen LogP) is 5.17. The van der Waals surface area contributed by atoms with Crippen LogP contribution in [0, 0.1) is 0 Å². The molecule has 2 heterocycles. The van der Waals surface area contributed by atoms with Crippen LogP contribution in [0.15, 0.2) is 79.0 Å². The fourth-order valence-electron chi connectivity index (χ4n) is 4.01. The van der Waals surface area contributed by atoms with E-state index in [-0.39, 0.29) is 0 Å². The molecule has 3 nitrogen and oxygen atoms in total. The highest BCUT2D eigenvalue weighted by Crippen LogP contribution is 2.44. The van der Waals surface area contributed by atoms with Crippen LogP contribution in [0.2, 0.25) is 0 Å². The fraction of sp³-hybridized carbons (Fsp3) is 0.261. The molecular weight excluding hydrogens is 320 g/mol. The average molecular weight is 344 g/mol. The summed E-state index contributed by atoms with van der Waals surface area (Å²) in [5, 5.41) is 0. The third-order valence-corrected chi connectivity index (χ3v) is 5.25. The van der Waals surface area contributed by atoms with Gasteiger partial charge in [0.1, 0.15) is 5.75 Å². The van der Waals surface area contributed by atoms with Crippen LogP contribution in [-0.2, 0) is 6.54 Å². The van der Waals surface area contributed by atoms with Gasteiger partial charge >= 0.3 is 0 Å². The molecule has 0 aliphatic carbocycles. The predicted molar refractivity (Wildman–Crippen MR) is 104 cm³/mol. The Balaban J connectivity index is 1.67. The smallest absolute Gasteiger partial charge is 0.122 e. The molecule has 3 aromatic rings. The summed E-state index contributed by atoms with van der Waals surface area (Å²) in [4.78, 5) is 7.18. The van der Waals surface area contributed by atoms with Crippen molar-refractivity contribution in [2.75, 3.05) is 7.11 Å². The number of ether oxygens (including phenoxy) is 1. The minimum atomic E-state index is 0.411. The highest BCUT2D eigenvalue weighted by molar-refractivity contribution is 5.27. The molecule has 2 atom stereocenters. The Labute approximate surface area is 155 Å². The first-order valence-corrected chi connectivity index (χ1v) is 9.19. The van der Waals surface area contributed by atoms with E-state index in [1.54, 1.807) is 7.11 Å². The molecule has 1 aromatic heterocycles. The first-order chi connectivity index (χ1) is 12.8. The summed E-state index contributed by atoms with van der Waals surface area (Å²) in [6.45, 7) is 0.816. The summed E-state index contributed by atoms with van der Waals surface area (Å²) in [7, 11) is 1.70. The monoisotopic (exact) mass is 344 g/mol. The molecule has 0 unspecified atom stereocenters. The second kappa shape index (κ2) is 7.71. The third kappa shape index (κ3) is 3.49. The van der Waals surface area contributed by atoms with Gasteiger partial charge in [-0.25, -0.2) is 0 Å². The largest absolute Gasteiger partial charge is 0.497 e. The van der Waals surface area contributed by atoms with Gasteiger partial charge in [-0.15, -0.1) is 0 Å². The van der Waals surface area contributed by atoms with Crippen molar-refractivity contribution in [1.82, 2.24) is 9.88 Å². The van der Waals surface area contributed by atoms with Gasteiger partial charge in [0.25, 0.3) is 0 Å². The standard InChI is InChI=1S/C23H24N2O/c1-26-21-14-15-24-20(16-21)17-25-22(18-8-4-2-5-9-18)12-13-23(25)19-10-6-3-7-11-19/h2-11,14-16,22-23H,12-13,17H2,1H3/t22-,23-/m1/s1. The van der Waals surface area contributed by atoms with Crippen LogP contribution < -0.4 is 4.74 Å². The van der Waals surface area contributed by atoms with E-state index in [2.05, 4.69) is 70.5 Å². The average Bonchev–Trinajstić information content (AvgIpc) is 3.13. The number of pyridine rings is 1. The number of hydrogen-bond donors (Lipinski definition) is 0. The Kier molecular flexibility index (Phi) is 4.98. The van der Waals surface area contributed by atoms with E-state index in [4.69, 9.17) is 4.74 Å². The molecule has 0 bridgehead atoms. The molecule has 1 aliphatic heterocycles. The van der Waals surface area contributed by atoms with Crippen LogP contribution in [0.4, 0.5) is 0 Å². The normalized spacial score (nSPS) is 20.2. The second-order valence-electron chi connectivity index (χ2n) is 6.79. The Bertz CT molecular complexity index is 788. The molecular formula is C23H24N2O. The molecule has 132 valence electrons. The van der Waals surface area contributed by atoms with Gasteiger partial charge in [-0.2, -0.15) is 0 Å². The first kappa shape index (κ1) is 16.8. The highest BCUT2D eigenvalue weighted by atomic mass is 16.5. The van der Waals surface area contributed by atoms with Gasteiger partial charge in [0.05, 0.1) is 12.8 Å². The van der Waals surface area contributed by atoms with E-state index in [1.807, 2.05) is 18.3 Å². The van der Waals surface area contributed by atoms with Crippen molar-refractivity contribution in [3.8, 4) is 5.75 Å². The van der Waals surface area contributed by atoms with Gasteiger partial charge in [0, 0.05) is 30.9 Å². The van der Waals surface area contributed by atoms with Crippen LogP contribution in [0.25, 0.3) is 0 Å². The molecule has 1 fully saturated rings. The minimum absolute atomic E-state index is 0.411. The SMILES string of the molecule is COc1ccnc(CN2[C@@H](c3ccccc3)CC[C@@H]2c2ccccc2)c1. The van der Waals surface area contributed by atoms with E-state index < -0.39 is 0 Å². The number of aromatic nitrogens is 1. The Hall–Kier alpha value is -2.65. The number of nitrogens with zero attached hydrogens (tertiary/aromatic N) is 2. The number of methoxy groups -OCH3 is 1. The second-order valence-corrected chi connectivity index (χ2v) is 6.79. The van der Waals surface area contributed by atoms with Crippen molar-refractivity contribution in [3.05, 3.63) is 95.8 Å². The highest BCUT2D eigenvalue weighted by Gasteiger charge is 2.35. The quantitative estimate of drug-likeness (QED) is 0.638. The van der Waals surface area contributed by atoms with Gasteiger partial charge in [-0.1, -0.05) is 60.7 Å². The molecule has 2 aromatic carbocycles. The summed E-state index contributed by atoms with van der Waals surface area (Å²) in [6, 6.07) is 26.4. The van der Waals surface area contributed by atoms with Crippen LogP contribution >= 0.6 is 0 Å². The molecule has 0 N–H and O–H groups in total. The Morgan fingerprint density at radius 2 is 1.46 bits per heavy atom. The molecule has 0 amide bonds. The van der Waals surface area contributed by atoms with Crippen molar-refractivity contribution < 1.29 is 4.74 Å². The summed E-state index contributed by atoms with van der Waals surface area (Å²) in [5.41, 5.74) is 3.82. The summed E-state index contributed by atoms with van der Waals surface area (Å²) in [6.07, 6.45) is 4.15. The van der Waals surface area contributed by atoms with Gasteiger partial charge in [0.15, 0.2) is 0 Å². The van der Waals surface area contributed by atoms with Crippen molar-refractivity contribution in [2.45, 2.75) is 31.5 Å². The van der Waals surface area contributed by atoms with E-state index >= 15 is 0 Å². The molecule has 4 rings (SSSR count). The van der Waals surface area contributed by atoms with Crippen molar-refractivity contribution in [2.24, 2.45) is 0 Å². The van der Waals surface area contributed by atoms with E-state index in [0.29, 0.717) is 12.1 Å². The summed E-state index contributed by atoms with van der Waals surface area (Å²) >= 11 is 0. The van der Waals surface area contributed by atoms with Crippen LogP contribution in [0.1, 0.15) is 41.7 Å². The summed E-state index contributed by atoms with van der Waals surface area (Å²) in [5.74, 6) is 0.863. The lowest BCUT2D eigenvalue weighted by Crippen LogP contribution is -2.26. The molecule has 0 spiro atoms. The molecule has 1 aliphatic rings. The lowest BCUT2D eigenvalue weighted by Gasteiger charge is -2.30. The van der Waals surface area contributed by atoms with Crippen molar-refractivity contribution in [1.29, 1.82) is 0 Å². The zero-order chi connectivity index (χ0) is 17.8. The number of benzene rings is 2. The lowest BCUT2D eigenvalue weighted by atomic mass is 10.0. The van der Waals surface area contributed by atoms with Crippen LogP contribution in [0.3, 0.4) is 0 Å². The van der Waals surface area contributed by atoms with Crippen molar-refractivity contribution >= 4 is 0 Å². The molecule has 3 heteroatoms. The van der Waals surface area contributed by atoms with E-state index in [9.17, 15) is 0 Å². The van der Waals surface area contributed by atoms with Gasteiger partial charge in [-0.3, -0.25) is 9.88 Å². The maximum atomic E-state index is 5.38. The van der Waals surface area contributed by atoms with Crippen molar-refractivity contribution in [3.63, 3.8) is 0 Å². The molecule has 0 saturated carbocycles. The molecule has 0 radical (unpaired) electrons. The van der Waals surface area contributed by atoms with Crippen LogP contribution in [-0.4, -0.2) is 17.0 Å². The lowest BCUT2D eigenvalue weighted by molar-refractivity contribution is 0.182. The third-order valence-electron chi connectivity index (χ3n) is 5.25. The maximum absolute atomic E-state index is 5.38. The van der Waals surface area contributed by atoms with Gasteiger partial charge in [-0.05, 0) is 30.0 Å². The maximum Gasteiger partial charge on any atom is 0.122 e. The summed E-state index contributed by atoms with van der Waals surface area (Å²) < 4.78 is 5.38. The molecule has 1 saturated heterocycles. The van der Waals surface area contributed by atoms with Gasteiger partial charge < -0.3 is 4.74 Å². The van der Waals surface area contributed by atoms with Gasteiger partial charge in [0.2, 0.25) is 0 Å². The van der Waals surface area contributed by atoms with Crippen LogP contribution in [0.5, 0.6) is 5.75 Å². The number of hydrogen-bond acceptors (Lipinski definition) is 3. The topological polar surface area (TPSA) is 25.4 Å². The minimum Gasteiger partial charge on any atom is -0.497 e. The number of likely N-dealkylation sites (tertiary alicyclic amines) is 1. The Morgan fingerprint density at radius 3 is 2.00 bits per heavy atom.